The molecule has 2 N–H and O–H groups in total. The fourth-order valence-corrected chi connectivity index (χ4v) is 2.01. The second-order valence-electron chi connectivity index (χ2n) is 4.01. The first-order valence-electron chi connectivity index (χ1n) is 5.63. The van der Waals surface area contributed by atoms with Gasteiger partial charge in [0.1, 0.15) is 5.82 Å². The Hall–Kier alpha value is -1.95. The maximum atomic E-state index is 10.7. The molecule has 1 aromatic carbocycles. The van der Waals surface area contributed by atoms with E-state index in [4.69, 9.17) is 5.11 Å². The standard InChI is InChI=1S/C13H12BrN3O2/c1-8(9-3-2-4-10(14)5-9)17-12-7-15-11(6-16-12)13(18)19/h2-8H,1H3,(H,16,17)(H,18,19). The number of anilines is 1. The zero-order valence-corrected chi connectivity index (χ0v) is 11.8. The highest BCUT2D eigenvalue weighted by molar-refractivity contribution is 9.10. The summed E-state index contributed by atoms with van der Waals surface area (Å²) in [6, 6.07) is 7.97. The van der Waals surface area contributed by atoms with Crippen molar-refractivity contribution in [3.05, 3.63) is 52.4 Å². The van der Waals surface area contributed by atoms with Crippen molar-refractivity contribution in [1.29, 1.82) is 0 Å². The fourth-order valence-electron chi connectivity index (χ4n) is 1.59. The SMILES string of the molecule is CC(Nc1cnc(C(=O)O)cn1)c1cccc(Br)c1. The fraction of sp³-hybridized carbons (Fsp3) is 0.154. The van der Waals surface area contributed by atoms with Gasteiger partial charge in [-0.25, -0.2) is 14.8 Å². The Balaban J connectivity index is 2.10. The monoisotopic (exact) mass is 321 g/mol. The Morgan fingerprint density at radius 3 is 2.74 bits per heavy atom. The van der Waals surface area contributed by atoms with Crippen molar-refractivity contribution >= 4 is 27.7 Å². The van der Waals surface area contributed by atoms with Gasteiger partial charge in [0.25, 0.3) is 0 Å². The summed E-state index contributed by atoms with van der Waals surface area (Å²) < 4.78 is 1.01. The summed E-state index contributed by atoms with van der Waals surface area (Å²) >= 11 is 3.42. The van der Waals surface area contributed by atoms with Crippen LogP contribution in [0.2, 0.25) is 0 Å². The quantitative estimate of drug-likeness (QED) is 0.905. The molecule has 1 heterocycles. The van der Waals surface area contributed by atoms with Crippen molar-refractivity contribution in [2.75, 3.05) is 5.32 Å². The van der Waals surface area contributed by atoms with Crippen molar-refractivity contribution in [2.24, 2.45) is 0 Å². The Morgan fingerprint density at radius 1 is 1.37 bits per heavy atom. The van der Waals surface area contributed by atoms with Gasteiger partial charge < -0.3 is 10.4 Å². The van der Waals surface area contributed by atoms with E-state index in [1.54, 1.807) is 0 Å². The summed E-state index contributed by atoms with van der Waals surface area (Å²) in [5.41, 5.74) is 1.03. The molecule has 0 aliphatic heterocycles. The summed E-state index contributed by atoms with van der Waals surface area (Å²) in [6.07, 6.45) is 2.65. The Morgan fingerprint density at radius 2 is 2.16 bits per heavy atom. The van der Waals surface area contributed by atoms with Crippen molar-refractivity contribution in [2.45, 2.75) is 13.0 Å². The van der Waals surface area contributed by atoms with Crippen LogP contribution in [0.25, 0.3) is 0 Å². The molecule has 0 aliphatic carbocycles. The van der Waals surface area contributed by atoms with E-state index in [2.05, 4.69) is 31.2 Å². The number of nitrogens with one attached hydrogen (secondary N) is 1. The molecule has 0 bridgehead atoms. The van der Waals surface area contributed by atoms with Crippen molar-refractivity contribution in [3.8, 4) is 0 Å². The third-order valence-electron chi connectivity index (χ3n) is 2.58. The predicted octanol–water partition coefficient (Wildman–Crippen LogP) is 3.11. The van der Waals surface area contributed by atoms with Gasteiger partial charge in [-0.3, -0.25) is 0 Å². The molecular weight excluding hydrogens is 310 g/mol. The topological polar surface area (TPSA) is 75.1 Å². The number of carboxylic acids is 1. The van der Waals surface area contributed by atoms with E-state index >= 15 is 0 Å². The molecule has 2 rings (SSSR count). The van der Waals surface area contributed by atoms with E-state index in [0.29, 0.717) is 5.82 Å². The minimum Gasteiger partial charge on any atom is -0.476 e. The molecule has 2 aromatic rings. The number of carboxylic acid groups (broad SMARTS) is 1. The molecule has 0 saturated heterocycles. The third-order valence-corrected chi connectivity index (χ3v) is 3.08. The van der Waals surface area contributed by atoms with Gasteiger partial charge in [0, 0.05) is 4.47 Å². The number of hydrogen-bond donors (Lipinski definition) is 2. The molecule has 1 atom stereocenters. The van der Waals surface area contributed by atoms with Crippen LogP contribution in [0.1, 0.15) is 29.0 Å². The van der Waals surface area contributed by atoms with Crippen molar-refractivity contribution < 1.29 is 9.90 Å². The molecule has 0 radical (unpaired) electrons. The molecule has 1 aromatic heterocycles. The van der Waals surface area contributed by atoms with Crippen LogP contribution in [0.4, 0.5) is 5.82 Å². The van der Waals surface area contributed by atoms with Crippen LogP contribution in [-0.2, 0) is 0 Å². The van der Waals surface area contributed by atoms with E-state index in [1.807, 2.05) is 31.2 Å². The molecule has 0 amide bonds. The Labute approximate surface area is 118 Å². The van der Waals surface area contributed by atoms with Crippen LogP contribution in [0, 0.1) is 0 Å². The van der Waals surface area contributed by atoms with Crippen LogP contribution in [-0.4, -0.2) is 21.0 Å². The summed E-state index contributed by atoms with van der Waals surface area (Å²) in [4.78, 5) is 18.5. The number of aromatic carboxylic acids is 1. The molecule has 98 valence electrons. The second kappa shape index (κ2) is 5.79. The average molecular weight is 322 g/mol. The largest absolute Gasteiger partial charge is 0.476 e. The highest BCUT2D eigenvalue weighted by atomic mass is 79.9. The van der Waals surface area contributed by atoms with Crippen molar-refractivity contribution in [1.82, 2.24) is 9.97 Å². The number of carbonyl (C=O) groups is 1. The minimum atomic E-state index is -1.08. The van der Waals surface area contributed by atoms with Gasteiger partial charge in [0.15, 0.2) is 5.69 Å². The van der Waals surface area contributed by atoms with Crippen LogP contribution in [0.15, 0.2) is 41.1 Å². The maximum Gasteiger partial charge on any atom is 0.356 e. The first-order chi connectivity index (χ1) is 9.06. The molecule has 5 nitrogen and oxygen atoms in total. The second-order valence-corrected chi connectivity index (χ2v) is 4.93. The van der Waals surface area contributed by atoms with Gasteiger partial charge in [-0.05, 0) is 24.6 Å². The van der Waals surface area contributed by atoms with E-state index in [9.17, 15) is 4.79 Å². The molecule has 0 saturated carbocycles. The van der Waals surface area contributed by atoms with Crippen LogP contribution in [0.3, 0.4) is 0 Å². The maximum absolute atomic E-state index is 10.7. The molecular formula is C13H12BrN3O2. The van der Waals surface area contributed by atoms with E-state index in [-0.39, 0.29) is 11.7 Å². The smallest absolute Gasteiger partial charge is 0.356 e. The summed E-state index contributed by atoms with van der Waals surface area (Å²) in [6.45, 7) is 1.99. The predicted molar refractivity (Wildman–Crippen MR) is 75.2 cm³/mol. The Kier molecular flexibility index (Phi) is 4.11. The van der Waals surface area contributed by atoms with Gasteiger partial charge in [-0.2, -0.15) is 0 Å². The van der Waals surface area contributed by atoms with Gasteiger partial charge in [0.05, 0.1) is 18.4 Å². The lowest BCUT2D eigenvalue weighted by molar-refractivity contribution is 0.0690. The molecule has 1 unspecified atom stereocenters. The summed E-state index contributed by atoms with van der Waals surface area (Å²) in [5, 5.41) is 11.9. The molecule has 19 heavy (non-hydrogen) atoms. The lowest BCUT2D eigenvalue weighted by atomic mass is 10.1. The minimum absolute atomic E-state index is 0.0440. The first kappa shape index (κ1) is 13.5. The Bertz CT molecular complexity index is 587. The lowest BCUT2D eigenvalue weighted by Crippen LogP contribution is -2.09. The molecule has 6 heteroatoms. The zero-order valence-electron chi connectivity index (χ0n) is 10.2. The third kappa shape index (κ3) is 3.51. The number of aromatic nitrogens is 2. The first-order valence-corrected chi connectivity index (χ1v) is 6.43. The van der Waals surface area contributed by atoms with Crippen molar-refractivity contribution in [3.63, 3.8) is 0 Å². The van der Waals surface area contributed by atoms with E-state index in [1.165, 1.54) is 12.4 Å². The highest BCUT2D eigenvalue weighted by Gasteiger charge is 2.08. The van der Waals surface area contributed by atoms with E-state index in [0.717, 1.165) is 10.0 Å². The normalized spacial score (nSPS) is 11.9. The van der Waals surface area contributed by atoms with Crippen LogP contribution >= 0.6 is 15.9 Å². The van der Waals surface area contributed by atoms with Gasteiger partial charge in [-0.1, -0.05) is 28.1 Å². The number of nitrogens with zero attached hydrogens (tertiary/aromatic N) is 2. The summed E-state index contributed by atoms with van der Waals surface area (Å²) in [5.74, 6) is -0.545. The van der Waals surface area contributed by atoms with Gasteiger partial charge in [-0.15, -0.1) is 0 Å². The number of halogens is 1. The molecule has 0 aliphatic rings. The van der Waals surface area contributed by atoms with Gasteiger partial charge in [0.2, 0.25) is 0 Å². The van der Waals surface area contributed by atoms with E-state index < -0.39 is 5.97 Å². The number of rotatable bonds is 4. The number of hydrogen-bond acceptors (Lipinski definition) is 4. The average Bonchev–Trinajstić information content (AvgIpc) is 2.39. The highest BCUT2D eigenvalue weighted by Crippen LogP contribution is 2.20. The zero-order chi connectivity index (χ0) is 13.8. The summed E-state index contributed by atoms with van der Waals surface area (Å²) in [7, 11) is 0. The van der Waals surface area contributed by atoms with Crippen LogP contribution < -0.4 is 5.32 Å². The van der Waals surface area contributed by atoms with Crippen LogP contribution in [0.5, 0.6) is 0 Å². The molecule has 0 spiro atoms. The molecule has 0 fully saturated rings. The number of benzene rings is 1. The van der Waals surface area contributed by atoms with Gasteiger partial charge >= 0.3 is 5.97 Å². The lowest BCUT2D eigenvalue weighted by Gasteiger charge is -2.14.